The number of phenolic OH excluding ortho intramolecular Hbond substituents is 1. The molecule has 0 radical (unpaired) electrons. The monoisotopic (exact) mass is 408 g/mol. The van der Waals surface area contributed by atoms with Crippen molar-refractivity contribution in [2.24, 2.45) is 5.92 Å². The summed E-state index contributed by atoms with van der Waals surface area (Å²) in [6.07, 6.45) is 2.06. The van der Waals surface area contributed by atoms with Crippen molar-refractivity contribution in [3.63, 3.8) is 0 Å². The van der Waals surface area contributed by atoms with Crippen LogP contribution in [0.15, 0.2) is 30.3 Å². The van der Waals surface area contributed by atoms with Crippen LogP contribution in [0.5, 0.6) is 11.5 Å². The second kappa shape index (κ2) is 9.03. The molecular weight excluding hydrogens is 372 g/mol. The van der Waals surface area contributed by atoms with Gasteiger partial charge in [-0.3, -0.25) is 0 Å². The average Bonchev–Trinajstić information content (AvgIpc) is 2.94. The molecule has 2 aromatic carbocycles. The van der Waals surface area contributed by atoms with Crippen LogP contribution in [0.2, 0.25) is 0 Å². The van der Waals surface area contributed by atoms with Crippen LogP contribution >= 0.6 is 0 Å². The molecule has 1 heterocycles. The van der Waals surface area contributed by atoms with E-state index < -0.39 is 0 Å². The number of benzene rings is 2. The maximum atomic E-state index is 10.8. The zero-order chi connectivity index (χ0) is 22.0. The smallest absolute Gasteiger partial charge is 0.143 e. The first-order valence-electron chi connectivity index (χ1n) is 11.1. The fourth-order valence-electron chi connectivity index (χ4n) is 4.54. The highest BCUT2D eigenvalue weighted by molar-refractivity contribution is 6.01. The Labute approximate surface area is 180 Å². The molecule has 162 valence electrons. The van der Waals surface area contributed by atoms with E-state index in [4.69, 9.17) is 4.74 Å². The third-order valence-electron chi connectivity index (χ3n) is 5.70. The highest BCUT2D eigenvalue weighted by Crippen LogP contribution is 2.39. The van der Waals surface area contributed by atoms with Gasteiger partial charge in [0, 0.05) is 40.0 Å². The largest absolute Gasteiger partial charge is 0.506 e. The predicted molar refractivity (Wildman–Crippen MR) is 127 cm³/mol. The zero-order valence-corrected chi connectivity index (χ0v) is 19.5. The van der Waals surface area contributed by atoms with Gasteiger partial charge in [0.2, 0.25) is 0 Å². The van der Waals surface area contributed by atoms with Gasteiger partial charge in [-0.05, 0) is 70.2 Å². The SMILES string of the molecule is CCCOc1ccc(-n2c(C)c3c(C)ccc(NC(C)CC(C)C)c3c2C)c(O)c1. The number of rotatable bonds is 8. The molecule has 0 aliphatic carbocycles. The van der Waals surface area contributed by atoms with Crippen molar-refractivity contribution < 1.29 is 9.84 Å². The normalized spacial score (nSPS) is 12.5. The van der Waals surface area contributed by atoms with Gasteiger partial charge < -0.3 is 19.7 Å². The summed E-state index contributed by atoms with van der Waals surface area (Å²) in [5.74, 6) is 1.58. The van der Waals surface area contributed by atoms with Crippen LogP contribution in [0.1, 0.15) is 57.5 Å². The van der Waals surface area contributed by atoms with E-state index in [0.29, 0.717) is 24.3 Å². The quantitative estimate of drug-likeness (QED) is 0.426. The Morgan fingerprint density at radius 1 is 1.00 bits per heavy atom. The summed E-state index contributed by atoms with van der Waals surface area (Å²) in [6, 6.07) is 10.4. The molecule has 1 atom stereocenters. The number of hydrogen-bond acceptors (Lipinski definition) is 3. The Balaban J connectivity index is 2.11. The van der Waals surface area contributed by atoms with Crippen molar-refractivity contribution in [1.29, 1.82) is 0 Å². The van der Waals surface area contributed by atoms with Crippen LogP contribution < -0.4 is 10.1 Å². The predicted octanol–water partition coefficient (Wildman–Crippen LogP) is 6.90. The summed E-state index contributed by atoms with van der Waals surface area (Å²) in [5.41, 5.74) is 5.45. The second-order valence-electron chi connectivity index (χ2n) is 8.86. The molecule has 0 fully saturated rings. The van der Waals surface area contributed by atoms with Crippen LogP contribution in [0, 0.1) is 26.7 Å². The molecular formula is C26H36N2O2. The van der Waals surface area contributed by atoms with Gasteiger partial charge in [-0.2, -0.15) is 0 Å². The third-order valence-corrected chi connectivity index (χ3v) is 5.70. The highest BCUT2D eigenvalue weighted by Gasteiger charge is 2.20. The first-order valence-corrected chi connectivity index (χ1v) is 11.1. The summed E-state index contributed by atoms with van der Waals surface area (Å²) < 4.78 is 7.84. The molecule has 0 saturated carbocycles. The zero-order valence-electron chi connectivity index (χ0n) is 19.5. The van der Waals surface area contributed by atoms with Crippen molar-refractivity contribution >= 4 is 16.5 Å². The van der Waals surface area contributed by atoms with Crippen molar-refractivity contribution in [1.82, 2.24) is 4.57 Å². The number of fused-ring (bicyclic) bond motifs is 1. The lowest BCUT2D eigenvalue weighted by atomic mass is 10.0. The molecule has 0 aliphatic rings. The van der Waals surface area contributed by atoms with E-state index in [9.17, 15) is 5.11 Å². The van der Waals surface area contributed by atoms with Gasteiger partial charge in [0.25, 0.3) is 0 Å². The second-order valence-corrected chi connectivity index (χ2v) is 8.86. The van der Waals surface area contributed by atoms with E-state index in [1.54, 1.807) is 6.07 Å². The molecule has 0 amide bonds. The average molecular weight is 409 g/mol. The molecule has 2 N–H and O–H groups in total. The lowest BCUT2D eigenvalue weighted by Gasteiger charge is -2.19. The molecule has 4 nitrogen and oxygen atoms in total. The standard InChI is InChI=1S/C26H36N2O2/c1-8-13-30-21-10-12-23(24(29)15-21)28-19(6)25-17(4)9-11-22(26(25)20(28)7)27-18(5)14-16(2)3/h9-12,15-16,18,27,29H,8,13-14H2,1-7H3. The molecule has 0 saturated heterocycles. The number of aryl methyl sites for hydroxylation is 3. The minimum atomic E-state index is 0.232. The van der Waals surface area contributed by atoms with Crippen LogP contribution in [-0.4, -0.2) is 22.3 Å². The minimum absolute atomic E-state index is 0.232. The topological polar surface area (TPSA) is 46.4 Å². The van der Waals surface area contributed by atoms with Crippen molar-refractivity contribution in [3.05, 3.63) is 47.3 Å². The number of nitrogens with one attached hydrogen (secondary N) is 1. The molecule has 0 aliphatic heterocycles. The van der Waals surface area contributed by atoms with E-state index >= 15 is 0 Å². The third kappa shape index (κ3) is 4.28. The molecule has 0 spiro atoms. The van der Waals surface area contributed by atoms with Gasteiger partial charge in [-0.15, -0.1) is 0 Å². The fraction of sp³-hybridized carbons (Fsp3) is 0.462. The summed E-state index contributed by atoms with van der Waals surface area (Å²) in [6.45, 7) is 15.9. The Hall–Kier alpha value is -2.62. The summed E-state index contributed by atoms with van der Waals surface area (Å²) in [7, 11) is 0. The molecule has 4 heteroatoms. The van der Waals surface area contributed by atoms with E-state index in [1.165, 1.54) is 16.3 Å². The molecule has 1 unspecified atom stereocenters. The summed E-state index contributed by atoms with van der Waals surface area (Å²) in [4.78, 5) is 0. The Morgan fingerprint density at radius 3 is 2.33 bits per heavy atom. The molecule has 0 bridgehead atoms. The Bertz CT molecular complexity index is 1030. The fourth-order valence-corrected chi connectivity index (χ4v) is 4.54. The van der Waals surface area contributed by atoms with E-state index in [0.717, 1.165) is 35.6 Å². The van der Waals surface area contributed by atoms with Gasteiger partial charge in [0.15, 0.2) is 0 Å². The Morgan fingerprint density at radius 2 is 1.70 bits per heavy atom. The summed E-state index contributed by atoms with van der Waals surface area (Å²) in [5, 5.41) is 17.0. The van der Waals surface area contributed by atoms with Gasteiger partial charge in [-0.25, -0.2) is 0 Å². The number of aromatic nitrogens is 1. The lowest BCUT2D eigenvalue weighted by Crippen LogP contribution is -2.17. The molecule has 30 heavy (non-hydrogen) atoms. The number of nitrogens with zero attached hydrogens (tertiary/aromatic N) is 1. The van der Waals surface area contributed by atoms with Crippen molar-refractivity contribution in [2.45, 2.75) is 67.3 Å². The van der Waals surface area contributed by atoms with Crippen LogP contribution in [-0.2, 0) is 0 Å². The van der Waals surface area contributed by atoms with Crippen molar-refractivity contribution in [2.75, 3.05) is 11.9 Å². The van der Waals surface area contributed by atoms with Gasteiger partial charge in [-0.1, -0.05) is 26.8 Å². The number of phenols is 1. The first kappa shape index (κ1) is 22.1. The first-order chi connectivity index (χ1) is 14.2. The van der Waals surface area contributed by atoms with E-state index in [2.05, 4.69) is 70.5 Å². The maximum absolute atomic E-state index is 10.8. The van der Waals surface area contributed by atoms with E-state index in [-0.39, 0.29) is 5.75 Å². The number of aromatic hydroxyl groups is 1. The van der Waals surface area contributed by atoms with Crippen molar-refractivity contribution in [3.8, 4) is 17.2 Å². The summed E-state index contributed by atoms with van der Waals surface area (Å²) >= 11 is 0. The van der Waals surface area contributed by atoms with Crippen LogP contribution in [0.4, 0.5) is 5.69 Å². The van der Waals surface area contributed by atoms with Gasteiger partial charge >= 0.3 is 0 Å². The van der Waals surface area contributed by atoms with Crippen LogP contribution in [0.3, 0.4) is 0 Å². The number of hydrogen-bond donors (Lipinski definition) is 2. The van der Waals surface area contributed by atoms with E-state index in [1.807, 2.05) is 12.1 Å². The van der Waals surface area contributed by atoms with Gasteiger partial charge in [0.05, 0.1) is 12.3 Å². The lowest BCUT2D eigenvalue weighted by molar-refractivity contribution is 0.315. The highest BCUT2D eigenvalue weighted by atomic mass is 16.5. The molecule has 3 aromatic rings. The molecule has 1 aromatic heterocycles. The number of ether oxygens (including phenoxy) is 1. The Kier molecular flexibility index (Phi) is 6.64. The maximum Gasteiger partial charge on any atom is 0.143 e. The van der Waals surface area contributed by atoms with Crippen LogP contribution in [0.25, 0.3) is 16.5 Å². The van der Waals surface area contributed by atoms with Gasteiger partial charge in [0.1, 0.15) is 11.5 Å². The number of anilines is 1. The minimum Gasteiger partial charge on any atom is -0.506 e. The molecule has 3 rings (SSSR count).